The van der Waals surface area contributed by atoms with Gasteiger partial charge in [-0.1, -0.05) is 37.3 Å². The van der Waals surface area contributed by atoms with Crippen molar-refractivity contribution in [1.29, 1.82) is 0 Å². The molecular weight excluding hydrogens is 206 g/mol. The molecule has 0 saturated heterocycles. The summed E-state index contributed by atoms with van der Waals surface area (Å²) in [7, 11) is 0. The van der Waals surface area contributed by atoms with Crippen LogP contribution in [0.1, 0.15) is 24.6 Å². The summed E-state index contributed by atoms with van der Waals surface area (Å²) in [5.41, 5.74) is 5.27. The molecule has 0 fully saturated rings. The number of hydrogen-bond donors (Lipinski definition) is 0. The monoisotopic (exact) mass is 223 g/mol. The average molecular weight is 223 g/mol. The summed E-state index contributed by atoms with van der Waals surface area (Å²) in [6.45, 7) is 2.33. The highest BCUT2D eigenvalue weighted by atomic mass is 14.7. The van der Waals surface area contributed by atoms with Gasteiger partial charge in [-0.25, -0.2) is 0 Å². The third-order valence-electron chi connectivity index (χ3n) is 3.61. The molecule has 0 bridgehead atoms. The summed E-state index contributed by atoms with van der Waals surface area (Å²) >= 11 is 0. The molecule has 0 spiro atoms. The Bertz CT molecular complexity index is 516. The van der Waals surface area contributed by atoms with Crippen LogP contribution >= 0.6 is 0 Å². The average Bonchev–Trinajstić information content (AvgIpc) is 2.39. The molecule has 1 aliphatic carbocycles. The van der Waals surface area contributed by atoms with E-state index in [4.69, 9.17) is 0 Å². The predicted molar refractivity (Wildman–Crippen MR) is 70.9 cm³/mol. The standard InChI is InChI=1S/C16H17N/c1-12-7-8-16-14(9-12)10-15(11-17-16)13-5-3-2-4-6-13/h2-6,10-12H,7-9H2,1H3. The Hall–Kier alpha value is -1.63. The maximum Gasteiger partial charge on any atom is 0.0436 e. The summed E-state index contributed by atoms with van der Waals surface area (Å²) in [4.78, 5) is 4.63. The minimum atomic E-state index is 0.801. The van der Waals surface area contributed by atoms with Crippen molar-refractivity contribution in [2.45, 2.75) is 26.2 Å². The molecule has 1 nitrogen and oxygen atoms in total. The van der Waals surface area contributed by atoms with Crippen molar-refractivity contribution in [1.82, 2.24) is 4.98 Å². The van der Waals surface area contributed by atoms with Crippen LogP contribution in [0.15, 0.2) is 42.6 Å². The number of rotatable bonds is 1. The highest BCUT2D eigenvalue weighted by molar-refractivity contribution is 5.63. The Labute approximate surface area is 103 Å². The predicted octanol–water partition coefficient (Wildman–Crippen LogP) is 3.87. The molecule has 1 aromatic carbocycles. The lowest BCUT2D eigenvalue weighted by Gasteiger charge is -2.21. The van der Waals surface area contributed by atoms with Gasteiger partial charge in [-0.2, -0.15) is 0 Å². The second-order valence-electron chi connectivity index (χ2n) is 5.04. The molecule has 1 unspecified atom stereocenters. The zero-order valence-electron chi connectivity index (χ0n) is 10.2. The van der Waals surface area contributed by atoms with Gasteiger partial charge in [-0.15, -0.1) is 0 Å². The van der Waals surface area contributed by atoms with Crippen LogP contribution in [0, 0.1) is 5.92 Å². The fraction of sp³-hybridized carbons (Fsp3) is 0.312. The molecule has 86 valence electrons. The van der Waals surface area contributed by atoms with Crippen LogP contribution in [-0.2, 0) is 12.8 Å². The highest BCUT2D eigenvalue weighted by Crippen LogP contribution is 2.27. The van der Waals surface area contributed by atoms with Gasteiger partial charge < -0.3 is 0 Å². The fourth-order valence-electron chi connectivity index (χ4n) is 2.59. The Morgan fingerprint density at radius 3 is 2.76 bits per heavy atom. The lowest BCUT2D eigenvalue weighted by atomic mass is 9.87. The molecule has 0 radical (unpaired) electrons. The van der Waals surface area contributed by atoms with Crippen LogP contribution in [0.5, 0.6) is 0 Å². The van der Waals surface area contributed by atoms with Gasteiger partial charge in [0.05, 0.1) is 0 Å². The SMILES string of the molecule is CC1CCc2ncc(-c3ccccc3)cc2C1. The molecule has 1 heteroatoms. The second kappa shape index (κ2) is 4.33. The van der Waals surface area contributed by atoms with E-state index in [0.717, 1.165) is 12.3 Å². The quantitative estimate of drug-likeness (QED) is 0.715. The van der Waals surface area contributed by atoms with Crippen LogP contribution in [-0.4, -0.2) is 4.98 Å². The normalized spacial score (nSPS) is 18.8. The number of aryl methyl sites for hydroxylation is 1. The van der Waals surface area contributed by atoms with Crippen molar-refractivity contribution in [2.75, 3.05) is 0 Å². The van der Waals surface area contributed by atoms with Crippen molar-refractivity contribution in [3.63, 3.8) is 0 Å². The molecular formula is C16H17N. The maximum atomic E-state index is 4.63. The lowest BCUT2D eigenvalue weighted by Crippen LogP contribution is -2.12. The first-order valence-corrected chi connectivity index (χ1v) is 6.36. The van der Waals surface area contributed by atoms with Crippen molar-refractivity contribution in [2.24, 2.45) is 5.92 Å². The topological polar surface area (TPSA) is 12.9 Å². The van der Waals surface area contributed by atoms with E-state index < -0.39 is 0 Å². The molecule has 0 amide bonds. The number of hydrogen-bond acceptors (Lipinski definition) is 1. The van der Waals surface area contributed by atoms with Gasteiger partial charge in [0.25, 0.3) is 0 Å². The molecule has 3 rings (SSSR count). The number of pyridine rings is 1. The summed E-state index contributed by atoms with van der Waals surface area (Å²) in [6.07, 6.45) is 5.63. The van der Waals surface area contributed by atoms with E-state index in [9.17, 15) is 0 Å². The van der Waals surface area contributed by atoms with E-state index in [0.29, 0.717) is 0 Å². The number of fused-ring (bicyclic) bond motifs is 1. The Morgan fingerprint density at radius 2 is 1.94 bits per heavy atom. The fourth-order valence-corrected chi connectivity index (χ4v) is 2.59. The summed E-state index contributed by atoms with van der Waals surface area (Å²) < 4.78 is 0. The third-order valence-corrected chi connectivity index (χ3v) is 3.61. The summed E-state index contributed by atoms with van der Waals surface area (Å²) in [5.74, 6) is 0.801. The van der Waals surface area contributed by atoms with Crippen LogP contribution < -0.4 is 0 Å². The van der Waals surface area contributed by atoms with Crippen molar-refractivity contribution in [3.05, 3.63) is 53.9 Å². The Morgan fingerprint density at radius 1 is 1.12 bits per heavy atom. The molecule has 17 heavy (non-hydrogen) atoms. The van der Waals surface area contributed by atoms with E-state index in [1.54, 1.807) is 0 Å². The second-order valence-corrected chi connectivity index (χ2v) is 5.04. The van der Waals surface area contributed by atoms with Gasteiger partial charge >= 0.3 is 0 Å². The van der Waals surface area contributed by atoms with E-state index in [-0.39, 0.29) is 0 Å². The minimum absolute atomic E-state index is 0.801. The minimum Gasteiger partial charge on any atom is -0.260 e. The molecule has 1 atom stereocenters. The number of benzene rings is 1. The van der Waals surface area contributed by atoms with Crippen LogP contribution in [0.4, 0.5) is 0 Å². The zero-order valence-corrected chi connectivity index (χ0v) is 10.2. The van der Waals surface area contributed by atoms with Gasteiger partial charge in [0.1, 0.15) is 0 Å². The Kier molecular flexibility index (Phi) is 2.68. The van der Waals surface area contributed by atoms with Crippen LogP contribution in [0.2, 0.25) is 0 Å². The van der Waals surface area contributed by atoms with Crippen molar-refractivity contribution >= 4 is 0 Å². The molecule has 1 aliphatic rings. The largest absolute Gasteiger partial charge is 0.260 e. The van der Waals surface area contributed by atoms with Crippen molar-refractivity contribution in [3.8, 4) is 11.1 Å². The molecule has 1 aromatic heterocycles. The molecule has 2 aromatic rings. The molecule has 0 saturated carbocycles. The van der Waals surface area contributed by atoms with E-state index >= 15 is 0 Å². The van der Waals surface area contributed by atoms with Gasteiger partial charge in [0.15, 0.2) is 0 Å². The van der Waals surface area contributed by atoms with Crippen molar-refractivity contribution < 1.29 is 0 Å². The van der Waals surface area contributed by atoms with Gasteiger partial charge in [0, 0.05) is 17.5 Å². The Balaban J connectivity index is 2.01. The van der Waals surface area contributed by atoms with Crippen LogP contribution in [0.3, 0.4) is 0 Å². The maximum absolute atomic E-state index is 4.63. The number of aromatic nitrogens is 1. The van der Waals surface area contributed by atoms with Crippen LogP contribution in [0.25, 0.3) is 11.1 Å². The van der Waals surface area contributed by atoms with Gasteiger partial charge in [-0.3, -0.25) is 4.98 Å². The number of nitrogens with zero attached hydrogens (tertiary/aromatic N) is 1. The zero-order chi connectivity index (χ0) is 11.7. The van der Waals surface area contributed by atoms with E-state index in [1.807, 2.05) is 6.20 Å². The summed E-state index contributed by atoms with van der Waals surface area (Å²) in [6, 6.07) is 12.8. The van der Waals surface area contributed by atoms with E-state index in [2.05, 4.69) is 48.3 Å². The first kappa shape index (κ1) is 10.5. The lowest BCUT2D eigenvalue weighted by molar-refractivity contribution is 0.494. The molecule has 1 heterocycles. The molecule has 0 N–H and O–H groups in total. The van der Waals surface area contributed by atoms with Gasteiger partial charge in [-0.05, 0) is 42.4 Å². The summed E-state index contributed by atoms with van der Waals surface area (Å²) in [5, 5.41) is 0. The first-order valence-electron chi connectivity index (χ1n) is 6.36. The molecule has 0 aliphatic heterocycles. The van der Waals surface area contributed by atoms with Gasteiger partial charge in [0.2, 0.25) is 0 Å². The van der Waals surface area contributed by atoms with E-state index in [1.165, 1.54) is 35.2 Å². The first-order chi connectivity index (χ1) is 8.33. The smallest absolute Gasteiger partial charge is 0.0436 e. The third kappa shape index (κ3) is 2.10. The highest BCUT2D eigenvalue weighted by Gasteiger charge is 2.16.